The summed E-state index contributed by atoms with van der Waals surface area (Å²) in [4.78, 5) is 0. The van der Waals surface area contributed by atoms with Gasteiger partial charge < -0.3 is 10.4 Å². The summed E-state index contributed by atoms with van der Waals surface area (Å²) in [7, 11) is 0. The fraction of sp³-hybridized carbons (Fsp3) is 1.00. The lowest BCUT2D eigenvalue weighted by atomic mass is 9.50. The molecule has 0 amide bonds. The van der Waals surface area contributed by atoms with Gasteiger partial charge in [0.05, 0.1) is 5.60 Å². The van der Waals surface area contributed by atoms with Crippen molar-refractivity contribution in [2.24, 2.45) is 29.6 Å². The van der Waals surface area contributed by atoms with E-state index < -0.39 is 0 Å². The smallest absolute Gasteiger partial charge is 0.0827 e. The van der Waals surface area contributed by atoms with Gasteiger partial charge in [-0.1, -0.05) is 13.8 Å². The van der Waals surface area contributed by atoms with Gasteiger partial charge in [0.2, 0.25) is 0 Å². The molecule has 0 heterocycles. The van der Waals surface area contributed by atoms with Crippen LogP contribution in [0.25, 0.3) is 0 Å². The van der Waals surface area contributed by atoms with Crippen molar-refractivity contribution in [1.29, 1.82) is 0 Å². The standard InChI is InChI=1S/C15H27NO/c1-10(2)8-16-9-15(17)13-4-11-3-12(6-13)7-14(15)5-11/h10-14,16-17H,3-9H2,1-2H3. The summed E-state index contributed by atoms with van der Waals surface area (Å²) in [5.74, 6) is 3.76. The molecule has 0 aromatic rings. The Balaban J connectivity index is 1.65. The second-order valence-corrected chi connectivity index (χ2v) is 7.32. The molecule has 2 nitrogen and oxygen atoms in total. The van der Waals surface area contributed by atoms with Crippen molar-refractivity contribution in [3.63, 3.8) is 0 Å². The minimum atomic E-state index is -0.373. The Bertz CT molecular complexity index is 259. The maximum absolute atomic E-state index is 11.0. The second-order valence-electron chi connectivity index (χ2n) is 7.32. The molecule has 0 radical (unpaired) electrons. The molecular weight excluding hydrogens is 210 g/mol. The van der Waals surface area contributed by atoms with E-state index >= 15 is 0 Å². The SMILES string of the molecule is CC(C)CNCC1(O)C2CC3CC(C2)CC1C3. The summed E-state index contributed by atoms with van der Waals surface area (Å²) in [6, 6.07) is 0. The van der Waals surface area contributed by atoms with Gasteiger partial charge in [-0.25, -0.2) is 0 Å². The quantitative estimate of drug-likeness (QED) is 0.787. The van der Waals surface area contributed by atoms with Crippen LogP contribution >= 0.6 is 0 Å². The van der Waals surface area contributed by atoms with Gasteiger partial charge in [-0.15, -0.1) is 0 Å². The van der Waals surface area contributed by atoms with Crippen molar-refractivity contribution in [2.45, 2.75) is 51.6 Å². The van der Waals surface area contributed by atoms with Gasteiger partial charge >= 0.3 is 0 Å². The van der Waals surface area contributed by atoms with Gasteiger partial charge in [-0.2, -0.15) is 0 Å². The van der Waals surface area contributed by atoms with E-state index in [0.29, 0.717) is 17.8 Å². The van der Waals surface area contributed by atoms with E-state index in [1.807, 2.05) is 0 Å². The van der Waals surface area contributed by atoms with Crippen molar-refractivity contribution in [2.75, 3.05) is 13.1 Å². The Morgan fingerprint density at radius 1 is 1.06 bits per heavy atom. The van der Waals surface area contributed by atoms with E-state index in [4.69, 9.17) is 0 Å². The van der Waals surface area contributed by atoms with E-state index in [0.717, 1.165) is 24.9 Å². The highest BCUT2D eigenvalue weighted by atomic mass is 16.3. The molecule has 0 aliphatic heterocycles. The topological polar surface area (TPSA) is 32.3 Å². The molecule has 0 saturated heterocycles. The van der Waals surface area contributed by atoms with Gasteiger partial charge in [0, 0.05) is 6.54 Å². The lowest BCUT2D eigenvalue weighted by molar-refractivity contribution is -0.169. The summed E-state index contributed by atoms with van der Waals surface area (Å²) in [6.07, 6.45) is 6.65. The predicted octanol–water partition coefficient (Wildman–Crippen LogP) is 2.42. The summed E-state index contributed by atoms with van der Waals surface area (Å²) < 4.78 is 0. The summed E-state index contributed by atoms with van der Waals surface area (Å²) in [5.41, 5.74) is -0.373. The summed E-state index contributed by atoms with van der Waals surface area (Å²) in [5, 5.41) is 14.5. The molecule has 4 rings (SSSR count). The normalized spacial score (nSPS) is 48.0. The van der Waals surface area contributed by atoms with Crippen LogP contribution in [0.2, 0.25) is 0 Å². The van der Waals surface area contributed by atoms with Crippen LogP contribution in [-0.2, 0) is 0 Å². The number of hydrogen-bond acceptors (Lipinski definition) is 2. The molecule has 4 saturated carbocycles. The zero-order chi connectivity index (χ0) is 12.0. The maximum atomic E-state index is 11.0. The second kappa shape index (κ2) is 4.24. The largest absolute Gasteiger partial charge is 0.388 e. The first-order valence-electron chi connectivity index (χ1n) is 7.51. The molecule has 0 aromatic carbocycles. The number of rotatable bonds is 4. The Hall–Kier alpha value is -0.0800. The molecule has 0 spiro atoms. The Morgan fingerprint density at radius 2 is 1.59 bits per heavy atom. The highest BCUT2D eigenvalue weighted by molar-refractivity contribution is 5.07. The molecule has 2 N–H and O–H groups in total. The molecule has 4 aliphatic rings. The summed E-state index contributed by atoms with van der Waals surface area (Å²) >= 11 is 0. The Kier molecular flexibility index (Phi) is 2.99. The van der Waals surface area contributed by atoms with Crippen molar-refractivity contribution in [3.05, 3.63) is 0 Å². The van der Waals surface area contributed by atoms with Gasteiger partial charge in [-0.3, -0.25) is 0 Å². The summed E-state index contributed by atoms with van der Waals surface area (Å²) in [6.45, 7) is 6.33. The lowest BCUT2D eigenvalue weighted by Gasteiger charge is -2.59. The zero-order valence-electron chi connectivity index (χ0n) is 11.3. The zero-order valence-corrected chi connectivity index (χ0v) is 11.3. The molecule has 4 aliphatic carbocycles. The van der Waals surface area contributed by atoms with Crippen LogP contribution < -0.4 is 5.32 Å². The van der Waals surface area contributed by atoms with Crippen molar-refractivity contribution in [1.82, 2.24) is 5.32 Å². The minimum Gasteiger partial charge on any atom is -0.388 e. The van der Waals surface area contributed by atoms with Crippen molar-refractivity contribution < 1.29 is 5.11 Å². The third kappa shape index (κ3) is 2.04. The number of nitrogens with one attached hydrogen (secondary N) is 1. The molecule has 98 valence electrons. The first-order chi connectivity index (χ1) is 8.08. The van der Waals surface area contributed by atoms with Crippen molar-refractivity contribution in [3.8, 4) is 0 Å². The third-order valence-corrected chi connectivity index (χ3v) is 5.51. The predicted molar refractivity (Wildman–Crippen MR) is 69.7 cm³/mol. The van der Waals surface area contributed by atoms with Crippen molar-refractivity contribution >= 4 is 0 Å². The number of hydrogen-bond donors (Lipinski definition) is 2. The molecular formula is C15H27NO. The van der Waals surface area contributed by atoms with Crippen LogP contribution in [0, 0.1) is 29.6 Å². The van der Waals surface area contributed by atoms with Crippen LogP contribution in [0.15, 0.2) is 0 Å². The van der Waals surface area contributed by atoms with Crippen LogP contribution in [0.3, 0.4) is 0 Å². The lowest BCUT2D eigenvalue weighted by Crippen LogP contribution is -2.61. The maximum Gasteiger partial charge on any atom is 0.0827 e. The van der Waals surface area contributed by atoms with Crippen LogP contribution in [-0.4, -0.2) is 23.8 Å². The van der Waals surface area contributed by atoms with Gasteiger partial charge in [0.15, 0.2) is 0 Å². The molecule has 0 unspecified atom stereocenters. The molecule has 2 heteroatoms. The monoisotopic (exact) mass is 237 g/mol. The van der Waals surface area contributed by atoms with E-state index in [2.05, 4.69) is 19.2 Å². The number of aliphatic hydroxyl groups is 1. The van der Waals surface area contributed by atoms with E-state index in [9.17, 15) is 5.11 Å². The highest BCUT2D eigenvalue weighted by Gasteiger charge is 2.56. The average Bonchev–Trinajstić information content (AvgIpc) is 2.24. The molecule has 4 bridgehead atoms. The van der Waals surface area contributed by atoms with Gasteiger partial charge in [0.1, 0.15) is 0 Å². The molecule has 0 atom stereocenters. The minimum absolute atomic E-state index is 0.373. The Labute approximate surface area is 105 Å². The van der Waals surface area contributed by atoms with Crippen LogP contribution in [0.5, 0.6) is 0 Å². The van der Waals surface area contributed by atoms with Crippen LogP contribution in [0.4, 0.5) is 0 Å². The third-order valence-electron chi connectivity index (χ3n) is 5.51. The van der Waals surface area contributed by atoms with Crippen LogP contribution in [0.1, 0.15) is 46.0 Å². The molecule has 0 aromatic heterocycles. The van der Waals surface area contributed by atoms with Gasteiger partial charge in [0.25, 0.3) is 0 Å². The van der Waals surface area contributed by atoms with E-state index in [1.54, 1.807) is 0 Å². The van der Waals surface area contributed by atoms with E-state index in [1.165, 1.54) is 32.1 Å². The fourth-order valence-corrected chi connectivity index (χ4v) is 4.85. The first kappa shape index (κ1) is 12.0. The highest BCUT2D eigenvalue weighted by Crippen LogP contribution is 2.57. The first-order valence-corrected chi connectivity index (χ1v) is 7.51. The average molecular weight is 237 g/mol. The van der Waals surface area contributed by atoms with Gasteiger partial charge in [-0.05, 0) is 68.2 Å². The fourth-order valence-electron chi connectivity index (χ4n) is 4.85. The molecule has 17 heavy (non-hydrogen) atoms. The van der Waals surface area contributed by atoms with E-state index in [-0.39, 0.29) is 5.60 Å². The Morgan fingerprint density at radius 3 is 2.06 bits per heavy atom. The molecule has 4 fully saturated rings.